The van der Waals surface area contributed by atoms with Crippen LogP contribution < -0.4 is 0 Å². The van der Waals surface area contributed by atoms with Gasteiger partial charge in [-0.2, -0.15) is 26.3 Å². The van der Waals surface area contributed by atoms with Crippen LogP contribution in [0.2, 0.25) is 0 Å². The van der Waals surface area contributed by atoms with Crippen molar-refractivity contribution in [3.8, 4) is 11.8 Å². The monoisotopic (exact) mass is 588 g/mol. The Hall–Kier alpha value is -2.69. The van der Waals surface area contributed by atoms with E-state index in [1.54, 1.807) is 12.1 Å². The molecule has 2 fully saturated rings. The Labute approximate surface area is 233 Å². The van der Waals surface area contributed by atoms with Gasteiger partial charge in [-0.1, -0.05) is 24.0 Å². The molecule has 3 atom stereocenters. The third-order valence-electron chi connectivity index (χ3n) is 7.24. The molecular formula is C29H31F7N2O3. The van der Waals surface area contributed by atoms with Gasteiger partial charge in [-0.15, -0.1) is 0 Å². The molecule has 4 rings (SSSR count). The number of alkyl halides is 6. The summed E-state index contributed by atoms with van der Waals surface area (Å²) < 4.78 is 105. The number of nitrogens with zero attached hydrogens (tertiary/aromatic N) is 2. The van der Waals surface area contributed by atoms with E-state index in [4.69, 9.17) is 9.47 Å². The van der Waals surface area contributed by atoms with Crippen molar-refractivity contribution in [1.29, 1.82) is 0 Å². The fraction of sp³-hybridized carbons (Fsp3) is 0.517. The highest BCUT2D eigenvalue weighted by atomic mass is 19.4. The van der Waals surface area contributed by atoms with Gasteiger partial charge in [0, 0.05) is 12.6 Å². The lowest BCUT2D eigenvalue weighted by Crippen LogP contribution is -2.46. The predicted molar refractivity (Wildman–Crippen MR) is 136 cm³/mol. The summed E-state index contributed by atoms with van der Waals surface area (Å²) in [5.74, 6) is 5.83. The van der Waals surface area contributed by atoms with Gasteiger partial charge in [-0.05, 0) is 67.3 Å². The fourth-order valence-electron chi connectivity index (χ4n) is 5.11. The summed E-state index contributed by atoms with van der Waals surface area (Å²) in [4.78, 5) is 4.10. The maximum Gasteiger partial charge on any atom is 0.416 e. The quantitative estimate of drug-likeness (QED) is 0.336. The molecule has 41 heavy (non-hydrogen) atoms. The van der Waals surface area contributed by atoms with Gasteiger partial charge in [0.25, 0.3) is 0 Å². The van der Waals surface area contributed by atoms with Crippen LogP contribution in [0.3, 0.4) is 0 Å². The van der Waals surface area contributed by atoms with Gasteiger partial charge >= 0.3 is 12.4 Å². The summed E-state index contributed by atoms with van der Waals surface area (Å²) in [6.45, 7) is 2.29. The standard InChI is InChI=1S/C29H31F7N2O3/c30-24-7-5-21(6-8-24)26-27(41-15-13-38(26)11-2-1-10-37-12-3-4-25(37)19-39)40-14-9-20-16-22(28(31,32)33)18-23(17-20)29(34,35)36/h5-8,16-18,25-27,39H,3-4,9-15,19H2/t25-,26-,27+/m0/s1. The number of benzene rings is 2. The zero-order valence-electron chi connectivity index (χ0n) is 22.1. The first-order valence-corrected chi connectivity index (χ1v) is 13.3. The van der Waals surface area contributed by atoms with Crippen LogP contribution in [0.25, 0.3) is 0 Å². The summed E-state index contributed by atoms with van der Waals surface area (Å²) in [6, 6.07) is 6.73. The van der Waals surface area contributed by atoms with Crippen molar-refractivity contribution < 1.29 is 45.3 Å². The van der Waals surface area contributed by atoms with Crippen LogP contribution in [0.4, 0.5) is 30.7 Å². The van der Waals surface area contributed by atoms with Gasteiger partial charge in [0.05, 0.1) is 50.1 Å². The average Bonchev–Trinajstić information content (AvgIpc) is 3.38. The zero-order valence-corrected chi connectivity index (χ0v) is 22.1. The Kier molecular flexibility index (Phi) is 10.3. The van der Waals surface area contributed by atoms with Gasteiger partial charge in [0.15, 0.2) is 6.29 Å². The number of likely N-dealkylation sites (tertiary alicyclic amines) is 1. The summed E-state index contributed by atoms with van der Waals surface area (Å²) >= 11 is 0. The number of ether oxygens (including phenoxy) is 2. The molecule has 2 aromatic rings. The second kappa shape index (κ2) is 13.5. The zero-order chi connectivity index (χ0) is 29.6. The van der Waals surface area contributed by atoms with Crippen molar-refractivity contribution in [2.75, 3.05) is 46.0 Å². The Morgan fingerprint density at radius 2 is 1.54 bits per heavy atom. The van der Waals surface area contributed by atoms with Gasteiger partial charge in [-0.25, -0.2) is 4.39 Å². The van der Waals surface area contributed by atoms with Crippen molar-refractivity contribution in [1.82, 2.24) is 9.80 Å². The topological polar surface area (TPSA) is 45.2 Å². The molecule has 5 nitrogen and oxygen atoms in total. The highest BCUT2D eigenvalue weighted by molar-refractivity contribution is 5.33. The van der Waals surface area contributed by atoms with Crippen LogP contribution in [-0.4, -0.2) is 73.2 Å². The molecule has 0 spiro atoms. The summed E-state index contributed by atoms with van der Waals surface area (Å²) in [5, 5.41) is 9.50. The minimum atomic E-state index is -4.94. The minimum Gasteiger partial charge on any atom is -0.395 e. The van der Waals surface area contributed by atoms with E-state index in [0.717, 1.165) is 19.4 Å². The highest BCUT2D eigenvalue weighted by Crippen LogP contribution is 2.37. The maximum absolute atomic E-state index is 13.6. The van der Waals surface area contributed by atoms with Crippen LogP contribution in [0.15, 0.2) is 42.5 Å². The third-order valence-corrected chi connectivity index (χ3v) is 7.24. The van der Waals surface area contributed by atoms with Crippen molar-refractivity contribution >= 4 is 0 Å². The molecule has 2 aromatic carbocycles. The number of morpholine rings is 1. The molecule has 0 radical (unpaired) electrons. The van der Waals surface area contributed by atoms with E-state index in [2.05, 4.69) is 16.7 Å². The van der Waals surface area contributed by atoms with Crippen molar-refractivity contribution in [2.45, 2.75) is 50.0 Å². The molecule has 224 valence electrons. The fourth-order valence-corrected chi connectivity index (χ4v) is 5.11. The lowest BCUT2D eigenvalue weighted by Gasteiger charge is -2.40. The normalized spacial score (nSPS) is 22.5. The lowest BCUT2D eigenvalue weighted by molar-refractivity contribution is -0.208. The summed E-state index contributed by atoms with van der Waals surface area (Å²) in [6.07, 6.45) is -9.09. The lowest BCUT2D eigenvalue weighted by atomic mass is 10.0. The Morgan fingerprint density at radius 3 is 2.15 bits per heavy atom. The Morgan fingerprint density at radius 1 is 0.902 bits per heavy atom. The first kappa shape index (κ1) is 31.3. The van der Waals surface area contributed by atoms with Crippen molar-refractivity contribution in [3.63, 3.8) is 0 Å². The molecule has 2 aliphatic heterocycles. The molecule has 0 bridgehead atoms. The number of hydrogen-bond donors (Lipinski definition) is 1. The molecule has 0 aliphatic carbocycles. The van der Waals surface area contributed by atoms with Gasteiger partial charge in [0.2, 0.25) is 0 Å². The molecule has 1 N–H and O–H groups in total. The summed E-state index contributed by atoms with van der Waals surface area (Å²) in [7, 11) is 0. The van der Waals surface area contributed by atoms with E-state index < -0.39 is 41.6 Å². The third kappa shape index (κ3) is 8.42. The molecule has 2 heterocycles. The minimum absolute atomic E-state index is 0.0782. The van der Waals surface area contributed by atoms with Gasteiger partial charge < -0.3 is 14.6 Å². The van der Waals surface area contributed by atoms with Crippen LogP contribution in [0.1, 0.15) is 41.1 Å². The smallest absolute Gasteiger partial charge is 0.395 e. The molecule has 12 heteroatoms. The molecule has 0 aromatic heterocycles. The number of halogens is 7. The first-order valence-electron chi connectivity index (χ1n) is 13.3. The molecule has 0 saturated carbocycles. The van der Waals surface area contributed by atoms with Crippen LogP contribution in [0, 0.1) is 17.7 Å². The van der Waals surface area contributed by atoms with Crippen LogP contribution in [0.5, 0.6) is 0 Å². The molecule has 2 aliphatic rings. The van der Waals surface area contributed by atoms with Crippen LogP contribution >= 0.6 is 0 Å². The second-order valence-electron chi connectivity index (χ2n) is 10.0. The maximum atomic E-state index is 13.6. The Balaban J connectivity index is 1.46. The predicted octanol–water partition coefficient (Wildman–Crippen LogP) is 5.28. The van der Waals surface area contributed by atoms with E-state index in [1.165, 1.54) is 12.1 Å². The van der Waals surface area contributed by atoms with Gasteiger partial charge in [0.1, 0.15) is 5.82 Å². The largest absolute Gasteiger partial charge is 0.416 e. The van der Waals surface area contributed by atoms with Crippen LogP contribution in [-0.2, 0) is 28.2 Å². The molecular weight excluding hydrogens is 557 g/mol. The second-order valence-corrected chi connectivity index (χ2v) is 10.0. The summed E-state index contributed by atoms with van der Waals surface area (Å²) in [5.41, 5.74) is -2.28. The number of aliphatic hydroxyl groups excluding tert-OH is 1. The Bertz CT molecular complexity index is 1180. The molecule has 0 unspecified atom stereocenters. The molecule has 0 amide bonds. The number of hydrogen-bond acceptors (Lipinski definition) is 5. The molecule has 2 saturated heterocycles. The average molecular weight is 589 g/mol. The van der Waals surface area contributed by atoms with Crippen molar-refractivity contribution in [2.24, 2.45) is 0 Å². The number of rotatable bonds is 8. The SMILES string of the molecule is OC[C@@H]1CCCN1CC#CCN1CCO[C@@H](OCCc2cc(C(F)(F)F)cc(C(F)(F)F)c2)[C@@H]1c1ccc(F)cc1. The highest BCUT2D eigenvalue weighted by Gasteiger charge is 2.37. The first-order chi connectivity index (χ1) is 19.5. The van der Waals surface area contributed by atoms with E-state index in [9.17, 15) is 35.8 Å². The van der Waals surface area contributed by atoms with Gasteiger partial charge in [-0.3, -0.25) is 9.80 Å². The van der Waals surface area contributed by atoms with E-state index in [-0.39, 0.29) is 43.9 Å². The van der Waals surface area contributed by atoms with Crippen molar-refractivity contribution in [3.05, 3.63) is 70.5 Å². The van der Waals surface area contributed by atoms with E-state index in [0.29, 0.717) is 37.3 Å². The van der Waals surface area contributed by atoms with E-state index in [1.807, 2.05) is 4.90 Å². The van der Waals surface area contributed by atoms with E-state index >= 15 is 0 Å². The number of aliphatic hydroxyl groups is 1.